The SMILES string of the molecule is Cc1ccc(-c2cc(C)c3c(c2)oc2ccccc23)c2c1oc1ccccc12. The van der Waals surface area contributed by atoms with Gasteiger partial charge in [-0.3, -0.25) is 0 Å². The topological polar surface area (TPSA) is 26.3 Å². The first-order valence-corrected chi connectivity index (χ1v) is 9.54. The van der Waals surface area contributed by atoms with Crippen molar-refractivity contribution in [3.63, 3.8) is 0 Å². The van der Waals surface area contributed by atoms with Crippen molar-refractivity contribution >= 4 is 43.9 Å². The van der Waals surface area contributed by atoms with Gasteiger partial charge in [-0.2, -0.15) is 0 Å². The van der Waals surface area contributed by atoms with Crippen LogP contribution in [0.15, 0.2) is 81.6 Å². The molecule has 0 saturated carbocycles. The molecule has 4 aromatic carbocycles. The van der Waals surface area contributed by atoms with Gasteiger partial charge in [0, 0.05) is 21.5 Å². The lowest BCUT2D eigenvalue weighted by atomic mass is 9.95. The van der Waals surface area contributed by atoms with Crippen LogP contribution in [0.5, 0.6) is 0 Å². The molecule has 0 amide bonds. The molecule has 28 heavy (non-hydrogen) atoms. The van der Waals surface area contributed by atoms with Gasteiger partial charge in [0.15, 0.2) is 0 Å². The zero-order valence-electron chi connectivity index (χ0n) is 15.7. The van der Waals surface area contributed by atoms with Crippen LogP contribution in [0.2, 0.25) is 0 Å². The normalized spacial score (nSPS) is 11.9. The molecular weight excluding hydrogens is 344 g/mol. The Bertz CT molecular complexity index is 1530. The second-order valence-electron chi connectivity index (χ2n) is 7.50. The van der Waals surface area contributed by atoms with Crippen LogP contribution in [0.1, 0.15) is 11.1 Å². The summed E-state index contributed by atoms with van der Waals surface area (Å²) < 4.78 is 12.4. The van der Waals surface area contributed by atoms with Gasteiger partial charge in [-0.25, -0.2) is 0 Å². The molecule has 2 aromatic heterocycles. The molecule has 0 saturated heterocycles. The van der Waals surface area contributed by atoms with E-state index in [-0.39, 0.29) is 0 Å². The third-order valence-corrected chi connectivity index (χ3v) is 5.71. The van der Waals surface area contributed by atoms with Crippen molar-refractivity contribution in [3.05, 3.63) is 83.9 Å². The van der Waals surface area contributed by atoms with Gasteiger partial charge in [-0.1, -0.05) is 54.6 Å². The minimum Gasteiger partial charge on any atom is -0.456 e. The number of hydrogen-bond acceptors (Lipinski definition) is 2. The number of rotatable bonds is 1. The number of furan rings is 2. The third-order valence-electron chi connectivity index (χ3n) is 5.71. The van der Waals surface area contributed by atoms with E-state index < -0.39 is 0 Å². The molecule has 2 heterocycles. The molecule has 0 aliphatic rings. The summed E-state index contributed by atoms with van der Waals surface area (Å²) in [7, 11) is 0. The Morgan fingerprint density at radius 2 is 1.25 bits per heavy atom. The summed E-state index contributed by atoms with van der Waals surface area (Å²) in [5, 5.41) is 4.69. The van der Waals surface area contributed by atoms with Crippen molar-refractivity contribution in [1.29, 1.82) is 0 Å². The predicted octanol–water partition coefficient (Wildman–Crippen LogP) is 7.77. The number of benzene rings is 4. The Hall–Kier alpha value is -3.52. The Kier molecular flexibility index (Phi) is 3.05. The lowest BCUT2D eigenvalue weighted by Crippen LogP contribution is -1.84. The summed E-state index contributed by atoms with van der Waals surface area (Å²) in [5.41, 5.74) is 8.45. The van der Waals surface area contributed by atoms with Crippen LogP contribution in [0.3, 0.4) is 0 Å². The molecule has 134 valence electrons. The number of fused-ring (bicyclic) bond motifs is 6. The van der Waals surface area contributed by atoms with E-state index in [1.165, 1.54) is 27.3 Å². The molecule has 0 aliphatic carbocycles. The zero-order chi connectivity index (χ0) is 18.8. The summed E-state index contributed by atoms with van der Waals surface area (Å²) >= 11 is 0. The fourth-order valence-electron chi connectivity index (χ4n) is 4.42. The lowest BCUT2D eigenvalue weighted by Gasteiger charge is -2.08. The maximum Gasteiger partial charge on any atom is 0.138 e. The first kappa shape index (κ1) is 15.5. The van der Waals surface area contributed by atoms with E-state index in [0.717, 1.165) is 38.8 Å². The number of para-hydroxylation sites is 2. The van der Waals surface area contributed by atoms with Gasteiger partial charge in [-0.15, -0.1) is 0 Å². The molecule has 0 unspecified atom stereocenters. The van der Waals surface area contributed by atoms with Crippen LogP contribution >= 0.6 is 0 Å². The molecule has 2 heteroatoms. The predicted molar refractivity (Wildman–Crippen MR) is 116 cm³/mol. The highest BCUT2D eigenvalue weighted by atomic mass is 16.3. The van der Waals surface area contributed by atoms with Crippen LogP contribution in [0.25, 0.3) is 55.0 Å². The summed E-state index contributed by atoms with van der Waals surface area (Å²) in [4.78, 5) is 0. The number of aryl methyl sites for hydroxylation is 2. The van der Waals surface area contributed by atoms with Gasteiger partial charge in [0.25, 0.3) is 0 Å². The maximum absolute atomic E-state index is 6.19. The van der Waals surface area contributed by atoms with E-state index in [2.05, 4.69) is 62.4 Å². The molecule has 6 rings (SSSR count). The standard InChI is InChI=1S/C26H18O2/c1-15-11-12-18(25-20-8-4-6-10-22(20)28-26(15)25)17-13-16(2)24-19-7-3-5-9-21(19)27-23(24)14-17/h3-14H,1-2H3. The minimum atomic E-state index is 0.926. The van der Waals surface area contributed by atoms with Crippen LogP contribution in [0.4, 0.5) is 0 Å². The minimum absolute atomic E-state index is 0.926. The molecule has 2 nitrogen and oxygen atoms in total. The molecule has 0 atom stereocenters. The van der Waals surface area contributed by atoms with Crippen molar-refractivity contribution in [2.24, 2.45) is 0 Å². The van der Waals surface area contributed by atoms with Crippen molar-refractivity contribution in [1.82, 2.24) is 0 Å². The van der Waals surface area contributed by atoms with E-state index in [4.69, 9.17) is 8.83 Å². The highest BCUT2D eigenvalue weighted by Crippen LogP contribution is 2.41. The average molecular weight is 362 g/mol. The van der Waals surface area contributed by atoms with Crippen molar-refractivity contribution < 1.29 is 8.83 Å². The molecule has 0 spiro atoms. The molecular formula is C26H18O2. The average Bonchev–Trinajstić information content (AvgIpc) is 3.27. The molecule has 0 fully saturated rings. The Balaban J connectivity index is 1.73. The third kappa shape index (κ3) is 2.03. The van der Waals surface area contributed by atoms with Gasteiger partial charge in [0.05, 0.1) is 0 Å². The Morgan fingerprint density at radius 1 is 0.571 bits per heavy atom. The molecule has 0 aliphatic heterocycles. The van der Waals surface area contributed by atoms with E-state index in [0.29, 0.717) is 0 Å². The summed E-state index contributed by atoms with van der Waals surface area (Å²) in [6.45, 7) is 4.26. The lowest BCUT2D eigenvalue weighted by molar-refractivity contribution is 0.665. The summed E-state index contributed by atoms with van der Waals surface area (Å²) in [6.07, 6.45) is 0. The molecule has 0 N–H and O–H groups in total. The van der Waals surface area contributed by atoms with E-state index in [1.54, 1.807) is 0 Å². The Morgan fingerprint density at radius 3 is 2.04 bits per heavy atom. The zero-order valence-corrected chi connectivity index (χ0v) is 15.7. The fourth-order valence-corrected chi connectivity index (χ4v) is 4.42. The van der Waals surface area contributed by atoms with E-state index >= 15 is 0 Å². The van der Waals surface area contributed by atoms with Crippen molar-refractivity contribution in [2.75, 3.05) is 0 Å². The van der Waals surface area contributed by atoms with Gasteiger partial charge in [-0.05, 0) is 54.3 Å². The maximum atomic E-state index is 6.19. The van der Waals surface area contributed by atoms with Gasteiger partial charge in [0.1, 0.15) is 22.3 Å². The largest absolute Gasteiger partial charge is 0.456 e. The first-order valence-electron chi connectivity index (χ1n) is 9.54. The summed E-state index contributed by atoms with van der Waals surface area (Å²) in [5.74, 6) is 0. The monoisotopic (exact) mass is 362 g/mol. The van der Waals surface area contributed by atoms with Gasteiger partial charge >= 0.3 is 0 Å². The van der Waals surface area contributed by atoms with Crippen LogP contribution in [-0.4, -0.2) is 0 Å². The number of hydrogen-bond donors (Lipinski definition) is 0. The van der Waals surface area contributed by atoms with Crippen LogP contribution < -0.4 is 0 Å². The highest BCUT2D eigenvalue weighted by molar-refractivity contribution is 6.14. The second kappa shape index (κ2) is 5.49. The molecule has 6 aromatic rings. The Labute approximate surface area is 162 Å². The van der Waals surface area contributed by atoms with Crippen molar-refractivity contribution in [2.45, 2.75) is 13.8 Å². The van der Waals surface area contributed by atoms with Crippen molar-refractivity contribution in [3.8, 4) is 11.1 Å². The van der Waals surface area contributed by atoms with Crippen LogP contribution in [-0.2, 0) is 0 Å². The molecule has 0 bridgehead atoms. The molecule has 0 radical (unpaired) electrons. The van der Waals surface area contributed by atoms with E-state index in [9.17, 15) is 0 Å². The highest BCUT2D eigenvalue weighted by Gasteiger charge is 2.17. The van der Waals surface area contributed by atoms with E-state index in [1.807, 2.05) is 24.3 Å². The second-order valence-corrected chi connectivity index (χ2v) is 7.50. The van der Waals surface area contributed by atoms with Gasteiger partial charge < -0.3 is 8.83 Å². The van der Waals surface area contributed by atoms with Crippen LogP contribution in [0, 0.1) is 13.8 Å². The van der Waals surface area contributed by atoms with Gasteiger partial charge in [0.2, 0.25) is 0 Å². The first-order chi connectivity index (χ1) is 13.7. The smallest absolute Gasteiger partial charge is 0.138 e. The fraction of sp³-hybridized carbons (Fsp3) is 0.0769. The summed E-state index contributed by atoms with van der Waals surface area (Å²) in [6, 6.07) is 25.2. The quantitative estimate of drug-likeness (QED) is 0.299.